The van der Waals surface area contributed by atoms with Crippen molar-refractivity contribution in [2.45, 2.75) is 13.3 Å². The number of carbonyl (C=O) groups is 1. The van der Waals surface area contributed by atoms with Gasteiger partial charge in [0.25, 0.3) is 0 Å². The van der Waals surface area contributed by atoms with Crippen molar-refractivity contribution in [3.63, 3.8) is 0 Å². The highest BCUT2D eigenvalue weighted by molar-refractivity contribution is 7.54. The van der Waals surface area contributed by atoms with Crippen LogP contribution in [0.4, 0.5) is 0 Å². The molecule has 0 heterocycles. The Balaban J connectivity index is 4.09. The Morgan fingerprint density at radius 1 is 1.36 bits per heavy atom. The van der Waals surface area contributed by atoms with Crippen molar-refractivity contribution in [1.29, 1.82) is 0 Å². The predicted molar refractivity (Wildman–Crippen MR) is 41.8 cm³/mol. The maximum Gasteiger partial charge on any atom is 0.337 e. The lowest BCUT2D eigenvalue weighted by Gasteiger charge is -2.11. The molecule has 0 rings (SSSR count). The Morgan fingerprint density at radius 3 is 2.09 bits per heavy atom. The lowest BCUT2D eigenvalue weighted by molar-refractivity contribution is -0.116. The normalized spacial score (nSPS) is 11.5. The van der Waals surface area contributed by atoms with Gasteiger partial charge in [0.15, 0.2) is 0 Å². The van der Waals surface area contributed by atoms with Crippen LogP contribution in [0.5, 0.6) is 0 Å². The van der Waals surface area contributed by atoms with Gasteiger partial charge >= 0.3 is 7.60 Å². The van der Waals surface area contributed by atoms with Crippen molar-refractivity contribution < 1.29 is 18.4 Å². The minimum absolute atomic E-state index is 0.114. The number of hydrogen-bond acceptors (Lipinski definition) is 4. The second-order valence-corrected chi connectivity index (χ2v) is 4.29. The third-order valence-electron chi connectivity index (χ3n) is 1.32. The summed E-state index contributed by atoms with van der Waals surface area (Å²) in [5.41, 5.74) is 0. The van der Waals surface area contributed by atoms with Gasteiger partial charge < -0.3 is 9.05 Å². The summed E-state index contributed by atoms with van der Waals surface area (Å²) in [6.45, 7) is 1.71. The molecule has 0 radical (unpaired) electrons. The first-order valence-corrected chi connectivity index (χ1v) is 5.03. The second-order valence-electron chi connectivity index (χ2n) is 2.03. The molecule has 0 N–H and O–H groups in total. The van der Waals surface area contributed by atoms with Crippen molar-refractivity contribution in [3.8, 4) is 0 Å². The molecule has 66 valence electrons. The number of rotatable bonds is 5. The van der Waals surface area contributed by atoms with Crippen LogP contribution in [0.3, 0.4) is 0 Å². The van der Waals surface area contributed by atoms with Crippen LogP contribution >= 0.6 is 7.60 Å². The van der Waals surface area contributed by atoms with E-state index in [0.29, 0.717) is 6.42 Å². The molecule has 0 fully saturated rings. The summed E-state index contributed by atoms with van der Waals surface area (Å²) in [5, 5.41) is 0. The Labute approximate surface area is 66.4 Å². The number of hydrogen-bond donors (Lipinski definition) is 0. The highest BCUT2D eigenvalue weighted by Crippen LogP contribution is 2.46. The van der Waals surface area contributed by atoms with E-state index in [4.69, 9.17) is 0 Å². The van der Waals surface area contributed by atoms with E-state index in [9.17, 15) is 9.36 Å². The molecule has 0 aromatic carbocycles. The minimum atomic E-state index is -3.10. The van der Waals surface area contributed by atoms with Gasteiger partial charge in [-0.2, -0.15) is 0 Å². The fourth-order valence-corrected chi connectivity index (χ4v) is 1.59. The standard InChI is InChI=1S/C6H13O4P/c1-4-6(7)5-11(8,9-2)10-3/h4-5H2,1-3H3. The molecule has 4 nitrogen and oxygen atoms in total. The lowest BCUT2D eigenvalue weighted by atomic mass is 10.4. The quantitative estimate of drug-likeness (QED) is 0.601. The van der Waals surface area contributed by atoms with Crippen LogP contribution in [0.2, 0.25) is 0 Å². The van der Waals surface area contributed by atoms with Crippen molar-refractivity contribution >= 4 is 13.4 Å². The van der Waals surface area contributed by atoms with E-state index in [1.54, 1.807) is 6.92 Å². The average Bonchev–Trinajstić information content (AvgIpc) is 2.04. The predicted octanol–water partition coefficient (Wildman–Crippen LogP) is 1.45. The Hall–Kier alpha value is -0.180. The number of ketones is 1. The molecule has 11 heavy (non-hydrogen) atoms. The van der Waals surface area contributed by atoms with E-state index >= 15 is 0 Å². The summed E-state index contributed by atoms with van der Waals surface area (Å²) in [7, 11) is -0.561. The van der Waals surface area contributed by atoms with Crippen molar-refractivity contribution in [3.05, 3.63) is 0 Å². The van der Waals surface area contributed by atoms with Gasteiger partial charge in [0.2, 0.25) is 0 Å². The van der Waals surface area contributed by atoms with Crippen molar-refractivity contribution in [2.75, 3.05) is 20.4 Å². The maximum absolute atomic E-state index is 11.3. The van der Waals surface area contributed by atoms with Crippen LogP contribution in [0.1, 0.15) is 13.3 Å². The van der Waals surface area contributed by atoms with Crippen LogP contribution in [-0.2, 0) is 18.4 Å². The van der Waals surface area contributed by atoms with E-state index in [2.05, 4.69) is 9.05 Å². The molecule has 0 saturated heterocycles. The summed E-state index contributed by atoms with van der Waals surface area (Å²) in [6.07, 6.45) is 0.229. The van der Waals surface area contributed by atoms with Gasteiger partial charge in [-0.1, -0.05) is 6.92 Å². The summed E-state index contributed by atoms with van der Waals surface area (Å²) in [4.78, 5) is 10.8. The van der Waals surface area contributed by atoms with Gasteiger partial charge in [-0.3, -0.25) is 9.36 Å². The zero-order valence-corrected chi connectivity index (χ0v) is 7.89. The second kappa shape index (κ2) is 4.65. The highest BCUT2D eigenvalue weighted by atomic mass is 31.2. The Bertz CT molecular complexity index is 169. The van der Waals surface area contributed by atoms with Gasteiger partial charge in [-0.25, -0.2) is 0 Å². The molecule has 0 aliphatic carbocycles. The Kier molecular flexibility index (Phi) is 4.57. The number of Topliss-reactive ketones (excluding diaryl/α,β-unsaturated/α-hetero) is 1. The molecular formula is C6H13O4P. The van der Waals surface area contributed by atoms with E-state index in [1.165, 1.54) is 14.2 Å². The van der Waals surface area contributed by atoms with Gasteiger partial charge in [0.05, 0.1) is 0 Å². The molecule has 0 unspecified atom stereocenters. The maximum atomic E-state index is 11.3. The first-order valence-electron chi connectivity index (χ1n) is 3.30. The fraction of sp³-hybridized carbons (Fsp3) is 0.833. The first kappa shape index (κ1) is 10.8. The topological polar surface area (TPSA) is 52.6 Å². The third kappa shape index (κ3) is 3.65. The molecule has 5 heteroatoms. The molecule has 0 amide bonds. The van der Waals surface area contributed by atoms with Crippen LogP contribution in [0.15, 0.2) is 0 Å². The lowest BCUT2D eigenvalue weighted by Crippen LogP contribution is -2.05. The third-order valence-corrected chi connectivity index (χ3v) is 3.17. The molecule has 0 aromatic rings. The van der Waals surface area contributed by atoms with Gasteiger partial charge in [0.1, 0.15) is 11.9 Å². The van der Waals surface area contributed by atoms with Gasteiger partial charge in [0, 0.05) is 20.6 Å². The van der Waals surface area contributed by atoms with Crippen LogP contribution in [0.25, 0.3) is 0 Å². The molecule has 0 bridgehead atoms. The molecular weight excluding hydrogens is 167 g/mol. The summed E-state index contributed by atoms with van der Waals surface area (Å²) >= 11 is 0. The minimum Gasteiger partial charge on any atom is -0.312 e. The average molecular weight is 180 g/mol. The van der Waals surface area contributed by atoms with Crippen LogP contribution < -0.4 is 0 Å². The van der Waals surface area contributed by atoms with Crippen molar-refractivity contribution in [1.82, 2.24) is 0 Å². The fourth-order valence-electron chi connectivity index (χ4n) is 0.531. The largest absolute Gasteiger partial charge is 0.337 e. The molecule has 0 aliphatic heterocycles. The number of carbonyl (C=O) groups excluding carboxylic acids is 1. The Morgan fingerprint density at radius 2 is 1.82 bits per heavy atom. The summed E-state index contributed by atoms with van der Waals surface area (Å²) in [6, 6.07) is 0. The van der Waals surface area contributed by atoms with E-state index in [1.807, 2.05) is 0 Å². The molecule has 0 aromatic heterocycles. The first-order chi connectivity index (χ1) is 5.08. The monoisotopic (exact) mass is 180 g/mol. The SMILES string of the molecule is CCC(=O)CP(=O)(OC)OC. The van der Waals surface area contributed by atoms with Gasteiger partial charge in [-0.05, 0) is 0 Å². The van der Waals surface area contributed by atoms with E-state index in [0.717, 1.165) is 0 Å². The zero-order chi connectivity index (χ0) is 8.91. The van der Waals surface area contributed by atoms with Crippen molar-refractivity contribution in [2.24, 2.45) is 0 Å². The smallest absolute Gasteiger partial charge is 0.312 e. The molecule has 0 spiro atoms. The van der Waals surface area contributed by atoms with Crippen LogP contribution in [-0.4, -0.2) is 26.2 Å². The highest BCUT2D eigenvalue weighted by Gasteiger charge is 2.23. The van der Waals surface area contributed by atoms with Crippen LogP contribution in [0, 0.1) is 0 Å². The molecule has 0 saturated carbocycles. The van der Waals surface area contributed by atoms with E-state index < -0.39 is 7.60 Å². The van der Waals surface area contributed by atoms with E-state index in [-0.39, 0.29) is 11.9 Å². The summed E-state index contributed by atoms with van der Waals surface area (Å²) < 4.78 is 20.4. The zero-order valence-electron chi connectivity index (χ0n) is 6.99. The summed E-state index contributed by atoms with van der Waals surface area (Å²) in [5.74, 6) is -0.114. The van der Waals surface area contributed by atoms with Gasteiger partial charge in [-0.15, -0.1) is 0 Å². The molecule has 0 aliphatic rings. The molecule has 0 atom stereocenters.